The Morgan fingerprint density at radius 1 is 1.00 bits per heavy atom. The number of nitro groups is 1. The van der Waals surface area contributed by atoms with E-state index in [2.05, 4.69) is 16.0 Å². The number of hydrogen-bond acceptors (Lipinski definition) is 7. The van der Waals surface area contributed by atoms with Crippen molar-refractivity contribution in [3.8, 4) is 0 Å². The number of rotatable bonds is 12. The Morgan fingerprint density at radius 2 is 1.68 bits per heavy atom. The normalized spacial score (nSPS) is 15.3. The highest BCUT2D eigenvalue weighted by Gasteiger charge is 2.42. The molecule has 3 aromatic rings. The number of nitrogens with zero attached hydrogens (tertiary/aromatic N) is 2. The van der Waals surface area contributed by atoms with Crippen LogP contribution in [0.5, 0.6) is 0 Å². The maximum Gasteiger partial charge on any atom is 0.269 e. The van der Waals surface area contributed by atoms with Gasteiger partial charge in [-0.2, -0.15) is 0 Å². The van der Waals surface area contributed by atoms with Gasteiger partial charge in [-0.3, -0.25) is 29.4 Å². The Bertz CT molecular complexity index is 1450. The van der Waals surface area contributed by atoms with E-state index in [4.69, 9.17) is 0 Å². The SMILES string of the molecule is CC(C)(C)C(=O)N(C(=O)[C@@H]1CCCN1)[C@H](Cc1ccc2ccccc2c1)C(=O)NCCCNCc1ccc([N+](=O)[O-])cc1.Cl. The number of nitro benzene ring substituents is 1. The Kier molecular flexibility index (Phi) is 12.4. The Labute approximate surface area is 264 Å². The van der Waals surface area contributed by atoms with E-state index >= 15 is 0 Å². The summed E-state index contributed by atoms with van der Waals surface area (Å²) < 4.78 is 0. The monoisotopic (exact) mass is 623 g/mol. The van der Waals surface area contributed by atoms with E-state index in [0.29, 0.717) is 39.0 Å². The van der Waals surface area contributed by atoms with Gasteiger partial charge >= 0.3 is 0 Å². The average Bonchev–Trinajstić information content (AvgIpc) is 3.53. The molecule has 0 saturated carbocycles. The van der Waals surface area contributed by atoms with Crippen LogP contribution in [0.3, 0.4) is 0 Å². The van der Waals surface area contributed by atoms with Crippen LogP contribution in [0.4, 0.5) is 5.69 Å². The third-order valence-electron chi connectivity index (χ3n) is 7.62. The lowest BCUT2D eigenvalue weighted by Crippen LogP contribution is -2.59. The summed E-state index contributed by atoms with van der Waals surface area (Å²) in [7, 11) is 0. The molecule has 0 unspecified atom stereocenters. The number of benzene rings is 3. The van der Waals surface area contributed by atoms with Gasteiger partial charge in [0.2, 0.25) is 17.7 Å². The zero-order valence-corrected chi connectivity index (χ0v) is 26.3. The standard InChI is InChI=1S/C33H41N5O5.ClH/c1-33(2,3)32(41)37(31(40)28-10-6-18-35-28)29(21-24-11-14-25-8-4-5-9-26(25)20-24)30(39)36-19-7-17-34-22-23-12-15-27(16-13-23)38(42)43;/h4-5,8-9,11-16,20,28-29,34-35H,6-7,10,17-19,21-22H2,1-3H3,(H,36,39);1H/t28-,29+;/m0./s1. The van der Waals surface area contributed by atoms with E-state index in [1.165, 1.54) is 17.0 Å². The van der Waals surface area contributed by atoms with Crippen LogP contribution in [0.15, 0.2) is 66.7 Å². The van der Waals surface area contributed by atoms with E-state index in [9.17, 15) is 24.5 Å². The summed E-state index contributed by atoms with van der Waals surface area (Å²) in [5.41, 5.74) is 0.965. The van der Waals surface area contributed by atoms with Crippen molar-refractivity contribution in [2.75, 3.05) is 19.6 Å². The molecule has 2 atom stereocenters. The quantitative estimate of drug-likeness (QED) is 0.153. The topological polar surface area (TPSA) is 134 Å². The number of amides is 3. The molecule has 1 aliphatic rings. The van der Waals surface area contributed by atoms with Gasteiger partial charge in [0.1, 0.15) is 6.04 Å². The summed E-state index contributed by atoms with van der Waals surface area (Å²) in [6, 6.07) is 18.8. The Morgan fingerprint density at radius 3 is 2.32 bits per heavy atom. The van der Waals surface area contributed by atoms with E-state index in [0.717, 1.165) is 28.3 Å². The van der Waals surface area contributed by atoms with Crippen molar-refractivity contribution >= 4 is 46.6 Å². The molecule has 0 spiro atoms. The van der Waals surface area contributed by atoms with Crippen molar-refractivity contribution in [1.29, 1.82) is 0 Å². The van der Waals surface area contributed by atoms with Crippen LogP contribution in [0.25, 0.3) is 10.8 Å². The lowest BCUT2D eigenvalue weighted by Gasteiger charge is -2.35. The first kappa shape index (κ1) is 34.6. The zero-order valence-electron chi connectivity index (χ0n) is 25.5. The largest absolute Gasteiger partial charge is 0.354 e. The molecule has 236 valence electrons. The summed E-state index contributed by atoms with van der Waals surface area (Å²) in [6.45, 7) is 7.48. The van der Waals surface area contributed by atoms with Crippen LogP contribution >= 0.6 is 12.4 Å². The number of hydrogen-bond donors (Lipinski definition) is 3. The molecule has 3 amide bonds. The maximum absolute atomic E-state index is 13.8. The summed E-state index contributed by atoms with van der Waals surface area (Å²) in [5, 5.41) is 22.4. The minimum Gasteiger partial charge on any atom is -0.354 e. The smallest absolute Gasteiger partial charge is 0.269 e. The molecular weight excluding hydrogens is 582 g/mol. The molecule has 10 nitrogen and oxygen atoms in total. The minimum absolute atomic E-state index is 0. The van der Waals surface area contributed by atoms with Crippen LogP contribution in [-0.4, -0.2) is 59.3 Å². The van der Waals surface area contributed by atoms with E-state index in [-0.39, 0.29) is 42.2 Å². The molecule has 11 heteroatoms. The molecule has 3 N–H and O–H groups in total. The fourth-order valence-corrected chi connectivity index (χ4v) is 5.22. The number of nitrogens with one attached hydrogen (secondary N) is 3. The van der Waals surface area contributed by atoms with E-state index in [1.807, 2.05) is 42.5 Å². The third-order valence-corrected chi connectivity index (χ3v) is 7.62. The zero-order chi connectivity index (χ0) is 31.0. The molecule has 1 heterocycles. The fraction of sp³-hybridized carbons (Fsp3) is 0.424. The van der Waals surface area contributed by atoms with Crippen LogP contribution < -0.4 is 16.0 Å². The molecule has 44 heavy (non-hydrogen) atoms. The molecule has 4 rings (SSSR count). The highest BCUT2D eigenvalue weighted by molar-refractivity contribution is 6.04. The van der Waals surface area contributed by atoms with E-state index < -0.39 is 22.4 Å². The molecule has 0 aromatic heterocycles. The third kappa shape index (κ3) is 9.07. The predicted octanol–water partition coefficient (Wildman–Crippen LogP) is 4.53. The number of halogens is 1. The molecule has 0 radical (unpaired) electrons. The van der Waals surface area contributed by atoms with Gasteiger partial charge in [0, 0.05) is 37.1 Å². The minimum atomic E-state index is -1.00. The number of non-ortho nitro benzene ring substituents is 1. The van der Waals surface area contributed by atoms with Gasteiger partial charge < -0.3 is 16.0 Å². The van der Waals surface area contributed by atoms with Crippen LogP contribution in [-0.2, 0) is 27.3 Å². The highest BCUT2D eigenvalue weighted by atomic mass is 35.5. The first-order valence-corrected chi connectivity index (χ1v) is 14.8. The molecular formula is C33H42ClN5O5. The summed E-state index contributed by atoms with van der Waals surface area (Å²) in [5.74, 6) is -1.10. The second kappa shape index (κ2) is 15.7. The summed E-state index contributed by atoms with van der Waals surface area (Å²) in [6.07, 6.45) is 2.28. The Hall–Kier alpha value is -3.86. The Balaban J connectivity index is 0.00000529. The number of carbonyl (C=O) groups is 3. The molecule has 1 saturated heterocycles. The molecule has 1 fully saturated rings. The summed E-state index contributed by atoms with van der Waals surface area (Å²) >= 11 is 0. The van der Waals surface area contributed by atoms with Gasteiger partial charge in [0.05, 0.1) is 11.0 Å². The van der Waals surface area contributed by atoms with Gasteiger partial charge in [-0.1, -0.05) is 75.4 Å². The van der Waals surface area contributed by atoms with Crippen LogP contribution in [0.1, 0.15) is 51.2 Å². The lowest BCUT2D eigenvalue weighted by molar-refractivity contribution is -0.384. The predicted molar refractivity (Wildman–Crippen MR) is 173 cm³/mol. The lowest BCUT2D eigenvalue weighted by atomic mass is 9.91. The molecule has 3 aromatic carbocycles. The van der Waals surface area contributed by atoms with Gasteiger partial charge in [-0.05, 0) is 54.3 Å². The van der Waals surface area contributed by atoms with Crippen LogP contribution in [0, 0.1) is 15.5 Å². The van der Waals surface area contributed by atoms with Gasteiger partial charge in [0.25, 0.3) is 5.69 Å². The number of imide groups is 1. The van der Waals surface area contributed by atoms with Crippen molar-refractivity contribution in [2.45, 2.75) is 65.1 Å². The maximum atomic E-state index is 13.8. The first-order chi connectivity index (χ1) is 20.5. The van der Waals surface area contributed by atoms with E-state index in [1.54, 1.807) is 32.9 Å². The number of fused-ring (bicyclic) bond motifs is 1. The second-order valence-corrected chi connectivity index (χ2v) is 12.1. The number of carbonyl (C=O) groups excluding carboxylic acids is 3. The van der Waals surface area contributed by atoms with Crippen molar-refractivity contribution in [3.63, 3.8) is 0 Å². The van der Waals surface area contributed by atoms with Crippen molar-refractivity contribution in [2.24, 2.45) is 5.41 Å². The van der Waals surface area contributed by atoms with Gasteiger partial charge in [-0.15, -0.1) is 12.4 Å². The first-order valence-electron chi connectivity index (χ1n) is 14.8. The molecule has 1 aliphatic heterocycles. The second-order valence-electron chi connectivity index (χ2n) is 12.1. The fourth-order valence-electron chi connectivity index (χ4n) is 5.22. The van der Waals surface area contributed by atoms with Crippen molar-refractivity contribution in [3.05, 3.63) is 88.0 Å². The van der Waals surface area contributed by atoms with Crippen molar-refractivity contribution in [1.82, 2.24) is 20.9 Å². The molecule has 0 bridgehead atoms. The van der Waals surface area contributed by atoms with Crippen molar-refractivity contribution < 1.29 is 19.3 Å². The van der Waals surface area contributed by atoms with Crippen LogP contribution in [0.2, 0.25) is 0 Å². The highest BCUT2D eigenvalue weighted by Crippen LogP contribution is 2.25. The average molecular weight is 624 g/mol. The summed E-state index contributed by atoms with van der Waals surface area (Å²) in [4.78, 5) is 53.0. The molecule has 0 aliphatic carbocycles. The van der Waals surface area contributed by atoms with Gasteiger partial charge in [0.15, 0.2) is 0 Å². The van der Waals surface area contributed by atoms with Gasteiger partial charge in [-0.25, -0.2) is 0 Å².